The van der Waals surface area contributed by atoms with Gasteiger partial charge in [-0.25, -0.2) is 24.6 Å². The van der Waals surface area contributed by atoms with Gasteiger partial charge < -0.3 is 24.8 Å². The number of fused-ring (bicyclic) bond motifs is 3. The first-order chi connectivity index (χ1) is 16.0. The molecule has 10 nitrogen and oxygen atoms in total. The zero-order chi connectivity index (χ0) is 22.6. The van der Waals surface area contributed by atoms with Gasteiger partial charge in [0.25, 0.3) is 0 Å². The van der Waals surface area contributed by atoms with E-state index in [0.717, 1.165) is 48.3 Å². The second kappa shape index (κ2) is 8.00. The molecule has 6 heterocycles. The molecule has 3 atom stereocenters. The summed E-state index contributed by atoms with van der Waals surface area (Å²) >= 11 is 1.44. The van der Waals surface area contributed by atoms with Gasteiger partial charge in [-0.05, 0) is 25.8 Å². The third kappa shape index (κ3) is 3.49. The van der Waals surface area contributed by atoms with E-state index in [2.05, 4.69) is 26.8 Å². The van der Waals surface area contributed by atoms with Crippen molar-refractivity contribution in [2.45, 2.75) is 47.9 Å². The van der Waals surface area contributed by atoms with E-state index in [1.807, 2.05) is 12.3 Å². The number of pyridine rings is 1. The molecule has 4 aliphatic rings. The molecule has 33 heavy (non-hydrogen) atoms. The van der Waals surface area contributed by atoms with Crippen LogP contribution in [0.4, 0.5) is 16.4 Å². The zero-order valence-electron chi connectivity index (χ0n) is 18.3. The Morgan fingerprint density at radius 1 is 1.15 bits per heavy atom. The topological polar surface area (TPSA) is 116 Å². The Kier molecular flexibility index (Phi) is 5.07. The van der Waals surface area contributed by atoms with Crippen LogP contribution < -0.4 is 20.3 Å². The Morgan fingerprint density at radius 2 is 1.97 bits per heavy atom. The highest BCUT2D eigenvalue weighted by molar-refractivity contribution is 7.99. The summed E-state index contributed by atoms with van der Waals surface area (Å²) in [4.78, 5) is 30.4. The molecule has 1 amide bonds. The Labute approximate surface area is 195 Å². The molecule has 174 valence electrons. The van der Waals surface area contributed by atoms with Crippen molar-refractivity contribution in [3.05, 3.63) is 24.7 Å². The van der Waals surface area contributed by atoms with Crippen LogP contribution >= 0.6 is 11.8 Å². The quantitative estimate of drug-likeness (QED) is 0.715. The Hall–Kier alpha value is -2.63. The zero-order valence-corrected chi connectivity index (χ0v) is 19.2. The summed E-state index contributed by atoms with van der Waals surface area (Å²) in [7, 11) is 0. The highest BCUT2D eigenvalue weighted by Gasteiger charge is 2.47. The van der Waals surface area contributed by atoms with Crippen LogP contribution in [0, 0.1) is 5.41 Å². The van der Waals surface area contributed by atoms with Crippen LogP contribution in [0.1, 0.15) is 19.8 Å². The SMILES string of the molecule is C[C@@H]1OCC2(CCN(c3cnc(Sc4ccnc5c4OCC4COC(=O)N54)cn3)CC2)[C@@H]1N. The van der Waals surface area contributed by atoms with Gasteiger partial charge in [0.15, 0.2) is 11.6 Å². The van der Waals surface area contributed by atoms with E-state index in [-0.39, 0.29) is 29.7 Å². The minimum atomic E-state index is -0.383. The molecule has 3 saturated heterocycles. The van der Waals surface area contributed by atoms with Crippen LogP contribution in [-0.4, -0.2) is 72.1 Å². The normalized spacial score (nSPS) is 27.8. The monoisotopic (exact) mass is 470 g/mol. The van der Waals surface area contributed by atoms with E-state index >= 15 is 0 Å². The number of nitrogens with zero attached hydrogens (tertiary/aromatic N) is 5. The van der Waals surface area contributed by atoms with Crippen LogP contribution in [-0.2, 0) is 9.47 Å². The molecule has 2 aromatic rings. The Balaban J connectivity index is 1.15. The number of carbonyl (C=O) groups is 1. The molecule has 1 unspecified atom stereocenters. The second-order valence-corrected chi connectivity index (χ2v) is 10.1. The molecule has 6 rings (SSSR count). The van der Waals surface area contributed by atoms with Crippen molar-refractivity contribution < 1.29 is 19.0 Å². The van der Waals surface area contributed by atoms with Gasteiger partial charge in [-0.2, -0.15) is 0 Å². The number of nitrogens with two attached hydrogens (primary N) is 1. The molecular formula is C22H26N6O4S. The first-order valence-electron chi connectivity index (χ1n) is 11.2. The van der Waals surface area contributed by atoms with Crippen LogP contribution in [0.25, 0.3) is 0 Å². The number of ether oxygens (including phenoxy) is 3. The van der Waals surface area contributed by atoms with E-state index in [9.17, 15) is 4.79 Å². The molecule has 4 aliphatic heterocycles. The van der Waals surface area contributed by atoms with Crippen LogP contribution in [0.15, 0.2) is 34.6 Å². The number of aromatic nitrogens is 3. The van der Waals surface area contributed by atoms with Crippen LogP contribution in [0.2, 0.25) is 0 Å². The maximum Gasteiger partial charge on any atom is 0.416 e. The van der Waals surface area contributed by atoms with Crippen molar-refractivity contribution in [1.82, 2.24) is 15.0 Å². The standard InChI is InChI=1S/C22H26N6O4S/c1-13-19(23)22(12-32-13)3-6-27(7-4-22)16-8-26-17(9-25-16)33-15-2-5-24-20-18(15)30-10-14-11-31-21(29)28(14)20/h2,5,8-9,13-14,19H,3-4,6-7,10-12,23H2,1H3/t13-,14?,19+/m0/s1. The molecule has 0 saturated carbocycles. The summed E-state index contributed by atoms with van der Waals surface area (Å²) in [6, 6.07) is 1.82. The van der Waals surface area contributed by atoms with Crippen LogP contribution in [0.5, 0.6) is 5.75 Å². The van der Waals surface area contributed by atoms with Gasteiger partial charge in [0.2, 0.25) is 0 Å². The lowest BCUT2D eigenvalue weighted by molar-refractivity contribution is 0.0974. The molecule has 2 aromatic heterocycles. The van der Waals surface area contributed by atoms with E-state index < -0.39 is 0 Å². The van der Waals surface area contributed by atoms with Crippen molar-refractivity contribution in [3.8, 4) is 5.75 Å². The van der Waals surface area contributed by atoms with Crippen molar-refractivity contribution in [1.29, 1.82) is 0 Å². The van der Waals surface area contributed by atoms with Crippen molar-refractivity contribution >= 4 is 29.5 Å². The van der Waals surface area contributed by atoms with Crippen molar-refractivity contribution in [2.24, 2.45) is 11.1 Å². The van der Waals surface area contributed by atoms with Gasteiger partial charge in [-0.1, -0.05) is 11.8 Å². The van der Waals surface area contributed by atoms with Crippen molar-refractivity contribution in [2.75, 3.05) is 42.7 Å². The molecule has 1 spiro atoms. The second-order valence-electron chi connectivity index (χ2n) is 9.08. The number of carbonyl (C=O) groups excluding carboxylic acids is 1. The largest absolute Gasteiger partial charge is 0.486 e. The van der Waals surface area contributed by atoms with E-state index in [1.54, 1.807) is 17.3 Å². The van der Waals surface area contributed by atoms with Gasteiger partial charge in [0, 0.05) is 30.7 Å². The third-order valence-electron chi connectivity index (χ3n) is 7.22. The first kappa shape index (κ1) is 20.9. The van der Waals surface area contributed by atoms with E-state index in [4.69, 9.17) is 19.9 Å². The number of rotatable bonds is 3. The summed E-state index contributed by atoms with van der Waals surface area (Å²) < 4.78 is 16.9. The fourth-order valence-electron chi connectivity index (χ4n) is 5.12. The van der Waals surface area contributed by atoms with Gasteiger partial charge in [0.1, 0.15) is 30.1 Å². The lowest BCUT2D eigenvalue weighted by Gasteiger charge is -2.41. The molecule has 0 aliphatic carbocycles. The molecule has 11 heteroatoms. The molecule has 3 fully saturated rings. The third-order valence-corrected chi connectivity index (χ3v) is 8.18. The summed E-state index contributed by atoms with van der Waals surface area (Å²) in [5.74, 6) is 1.94. The number of amides is 1. The van der Waals surface area contributed by atoms with Gasteiger partial charge in [0.05, 0.1) is 30.0 Å². The molecule has 0 aromatic carbocycles. The van der Waals surface area contributed by atoms with E-state index in [0.29, 0.717) is 24.8 Å². The Bertz CT molecular complexity index is 1060. The maximum absolute atomic E-state index is 12.1. The summed E-state index contributed by atoms with van der Waals surface area (Å²) in [6.45, 7) is 5.30. The summed E-state index contributed by atoms with van der Waals surface area (Å²) in [5, 5.41) is 0.746. The number of piperidine rings is 1. The highest BCUT2D eigenvalue weighted by Crippen LogP contribution is 2.44. The summed E-state index contributed by atoms with van der Waals surface area (Å²) in [6.07, 6.45) is 7.00. The molecular weight excluding hydrogens is 444 g/mol. The van der Waals surface area contributed by atoms with Gasteiger partial charge in [-0.15, -0.1) is 0 Å². The van der Waals surface area contributed by atoms with Crippen LogP contribution in [0.3, 0.4) is 0 Å². The number of anilines is 2. The maximum atomic E-state index is 12.1. The minimum absolute atomic E-state index is 0.0837. The predicted octanol–water partition coefficient (Wildman–Crippen LogP) is 2.07. The summed E-state index contributed by atoms with van der Waals surface area (Å²) in [5.41, 5.74) is 6.52. The molecule has 2 N–H and O–H groups in total. The predicted molar refractivity (Wildman–Crippen MR) is 121 cm³/mol. The number of hydrogen-bond acceptors (Lipinski definition) is 10. The molecule has 0 bridgehead atoms. The number of cyclic esters (lactones) is 1. The lowest BCUT2D eigenvalue weighted by atomic mass is 9.73. The average molecular weight is 471 g/mol. The highest BCUT2D eigenvalue weighted by atomic mass is 32.2. The minimum Gasteiger partial charge on any atom is -0.486 e. The van der Waals surface area contributed by atoms with Crippen molar-refractivity contribution in [3.63, 3.8) is 0 Å². The number of hydrogen-bond donors (Lipinski definition) is 1. The van der Waals surface area contributed by atoms with Gasteiger partial charge >= 0.3 is 6.09 Å². The smallest absolute Gasteiger partial charge is 0.416 e. The van der Waals surface area contributed by atoms with Gasteiger partial charge in [-0.3, -0.25) is 0 Å². The lowest BCUT2D eigenvalue weighted by Crippen LogP contribution is -2.50. The fourth-order valence-corrected chi connectivity index (χ4v) is 5.93. The Morgan fingerprint density at radius 3 is 2.70 bits per heavy atom. The first-order valence-corrected chi connectivity index (χ1v) is 12.1. The fraction of sp³-hybridized carbons (Fsp3) is 0.545. The molecule has 0 radical (unpaired) electrons. The van der Waals surface area contributed by atoms with E-state index in [1.165, 1.54) is 11.8 Å². The average Bonchev–Trinajstić information content (AvgIpc) is 3.36.